The largest absolute Gasteiger partial charge is 0.477 e. The van der Waals surface area contributed by atoms with Crippen LogP contribution in [0.3, 0.4) is 0 Å². The van der Waals surface area contributed by atoms with Gasteiger partial charge in [0.2, 0.25) is 0 Å². The van der Waals surface area contributed by atoms with E-state index in [0.29, 0.717) is 0 Å². The first-order valence-corrected chi connectivity index (χ1v) is 3.99. The Bertz CT molecular complexity index is 149. The highest BCUT2D eigenvalue weighted by molar-refractivity contribution is 9.24. The molecule has 0 unspecified atom stereocenters. The highest BCUT2D eigenvalue weighted by Gasteiger charge is 1.99. The molecule has 2 radical (unpaired) electrons. The summed E-state index contributed by atoms with van der Waals surface area (Å²) in [6, 6.07) is 0. The minimum atomic E-state index is -0.470. The van der Waals surface area contributed by atoms with Crippen molar-refractivity contribution in [3.63, 3.8) is 0 Å². The molecule has 0 N–H and O–H groups in total. The zero-order valence-electron chi connectivity index (χ0n) is 7.57. The molecule has 0 amide bonds. The molecule has 0 aliphatic heterocycles. The third kappa shape index (κ3) is 17.6. The van der Waals surface area contributed by atoms with Crippen LogP contribution < -0.4 is 0 Å². The molecule has 5 nitrogen and oxygen atoms in total. The number of halogens is 1. The fourth-order valence-corrected chi connectivity index (χ4v) is 0.376. The molecular weight excluding hydrogens is 254 g/mol. The van der Waals surface area contributed by atoms with Crippen LogP contribution in [0.4, 0.5) is 9.59 Å². The number of rotatable bonds is 3. The molecule has 0 aromatic rings. The maximum Gasteiger partial charge on any atom is 0.435 e. The van der Waals surface area contributed by atoms with Gasteiger partial charge in [-0.15, -0.1) is 15.8 Å². The Morgan fingerprint density at radius 2 is 1.50 bits per heavy atom. The number of carbonyl (C=O) groups excluding carboxylic acids is 2. The number of methoxy groups -OCH3 is 2. The van der Waals surface area contributed by atoms with Crippen LogP contribution in [0.2, 0.25) is 0 Å². The summed E-state index contributed by atoms with van der Waals surface area (Å²) in [4.78, 5) is 19.9. The van der Waals surface area contributed by atoms with Crippen LogP contribution in [0.5, 0.6) is 0 Å². The summed E-state index contributed by atoms with van der Waals surface area (Å²) in [7, 11) is 4.98. The predicted octanol–water partition coefficient (Wildman–Crippen LogP) is 1.42. The highest BCUT2D eigenvalue weighted by Crippen LogP contribution is 1.78. The maximum atomic E-state index is 10.0. The van der Waals surface area contributed by atoms with Crippen molar-refractivity contribution >= 4 is 41.1 Å². The molecule has 80 valence electrons. The van der Waals surface area contributed by atoms with E-state index in [4.69, 9.17) is 0 Å². The second-order valence-electron chi connectivity index (χ2n) is 1.51. The second-order valence-corrected chi connectivity index (χ2v) is 1.97. The fraction of sp³-hybridized carbons (Fsp3) is 0.667. The fourth-order valence-electron chi connectivity index (χ4n) is 0.189. The molecule has 0 bridgehead atoms. The van der Waals surface area contributed by atoms with Crippen molar-refractivity contribution in [2.45, 2.75) is 7.43 Å². The van der Waals surface area contributed by atoms with E-state index in [-0.39, 0.29) is 13.3 Å². The van der Waals surface area contributed by atoms with Gasteiger partial charge in [-0.25, -0.2) is 0 Å². The summed E-state index contributed by atoms with van der Waals surface area (Å²) in [5, 5.41) is 0. The van der Waals surface area contributed by atoms with Crippen molar-refractivity contribution in [2.24, 2.45) is 0 Å². The first-order chi connectivity index (χ1) is 6.12. The molecule has 0 aliphatic carbocycles. The molecule has 0 heterocycles. The quantitative estimate of drug-likeness (QED) is 0.723. The molecule has 0 fully saturated rings. The van der Waals surface area contributed by atoms with E-state index >= 15 is 0 Å². The molecule has 14 heavy (non-hydrogen) atoms. The molecule has 0 atom stereocenters. The van der Waals surface area contributed by atoms with Crippen molar-refractivity contribution in [2.75, 3.05) is 21.3 Å². The Labute approximate surface area is 94.0 Å². The summed E-state index contributed by atoms with van der Waals surface area (Å²) in [6.07, 6.45) is 1.17. The van der Waals surface area contributed by atoms with Crippen molar-refractivity contribution < 1.29 is 23.7 Å². The van der Waals surface area contributed by atoms with Crippen LogP contribution in [-0.2, 0) is 14.1 Å². The van der Waals surface area contributed by atoms with Gasteiger partial charge in [-0.2, -0.15) is 0 Å². The van der Waals surface area contributed by atoms with Gasteiger partial charge >= 0.3 is 13.6 Å². The Morgan fingerprint density at radius 1 is 1.07 bits per heavy atom. The Hall–Kier alpha value is -0.490. The van der Waals surface area contributed by atoms with Crippen LogP contribution >= 0.6 is 15.8 Å². The molecule has 0 rings (SSSR count). The van der Waals surface area contributed by atoms with E-state index in [1.807, 2.05) is 0 Å². The molecule has 0 saturated heterocycles. The maximum absolute atomic E-state index is 10.0. The number of ether oxygens (including phenoxy) is 2. The number of hydrogen-bond acceptors (Lipinski definition) is 5. The van der Waals surface area contributed by atoms with Crippen LogP contribution in [-0.4, -0.2) is 46.7 Å². The van der Waals surface area contributed by atoms with Crippen molar-refractivity contribution in [1.82, 2.24) is 0 Å². The van der Waals surface area contributed by atoms with Gasteiger partial charge in [0.15, 0.2) is 0 Å². The van der Waals surface area contributed by atoms with Crippen molar-refractivity contribution in [3.8, 4) is 0 Å². The van der Waals surface area contributed by atoms with Gasteiger partial charge < -0.3 is 14.1 Å². The monoisotopic (exact) mass is 266 g/mol. The predicted molar refractivity (Wildman–Crippen MR) is 59.0 cm³/mol. The van der Waals surface area contributed by atoms with E-state index in [1.165, 1.54) is 27.4 Å². The van der Waals surface area contributed by atoms with Crippen molar-refractivity contribution in [3.05, 3.63) is 0 Å². The van der Waals surface area contributed by atoms with Crippen LogP contribution in [0.25, 0.3) is 0 Å². The lowest BCUT2D eigenvalue weighted by Crippen LogP contribution is -2.09. The topological polar surface area (TPSA) is 61.8 Å². The van der Waals surface area contributed by atoms with Gasteiger partial charge in [-0.1, -0.05) is 7.43 Å². The normalized spacial score (nSPS) is 6.86. The lowest BCUT2D eigenvalue weighted by atomic mass is 10.0. The smallest absolute Gasteiger partial charge is 0.435 e. The van der Waals surface area contributed by atoms with E-state index < -0.39 is 5.87 Å². The molecule has 8 heteroatoms. The lowest BCUT2D eigenvalue weighted by Gasteiger charge is -1.90. The zero-order chi connectivity index (χ0) is 10.7. The zero-order valence-corrected chi connectivity index (χ0v) is 9.16. The van der Waals surface area contributed by atoms with Crippen LogP contribution in [0.1, 0.15) is 7.43 Å². The Balaban J connectivity index is -0.000000163. The highest BCUT2D eigenvalue weighted by atomic mass is 79.9. The third-order valence-corrected chi connectivity index (χ3v) is 1.08. The Morgan fingerprint density at radius 3 is 1.57 bits per heavy atom. The van der Waals surface area contributed by atoms with Gasteiger partial charge in [0, 0.05) is 7.11 Å². The minimum absolute atomic E-state index is 0. The molecule has 0 aromatic carbocycles. The summed E-state index contributed by atoms with van der Waals surface area (Å²) in [6.45, 7) is 0. The van der Waals surface area contributed by atoms with E-state index in [9.17, 15) is 9.59 Å². The van der Waals surface area contributed by atoms with Crippen LogP contribution in [0.15, 0.2) is 0 Å². The number of carbonyl (C=O) groups is 2. The van der Waals surface area contributed by atoms with Gasteiger partial charge in [0.1, 0.15) is 0 Å². The van der Waals surface area contributed by atoms with E-state index in [2.05, 4.69) is 29.9 Å². The average Bonchev–Trinajstić information content (AvgIpc) is 2.18. The third-order valence-electron chi connectivity index (χ3n) is 0.706. The summed E-state index contributed by atoms with van der Waals surface area (Å²) in [5.74, 6) is -0.836. The first-order valence-electron chi connectivity index (χ1n) is 3.07. The molecule has 0 spiro atoms. The first kappa shape index (κ1) is 19.1. The second kappa shape index (κ2) is 15.0. The molecule has 0 aromatic heterocycles. The average molecular weight is 267 g/mol. The summed E-state index contributed by atoms with van der Waals surface area (Å²) < 4.78 is 12.6. The van der Waals surface area contributed by atoms with E-state index in [0.717, 1.165) is 7.48 Å². The lowest BCUT2D eigenvalue weighted by molar-refractivity contribution is 0.193. The van der Waals surface area contributed by atoms with Gasteiger partial charge in [-0.05, 0) is 0 Å². The Kier molecular flexibility index (Phi) is 20.5. The molecule has 0 saturated carbocycles. The van der Waals surface area contributed by atoms with Crippen LogP contribution in [0, 0.1) is 0 Å². The molecule has 0 aliphatic rings. The van der Waals surface area contributed by atoms with Gasteiger partial charge in [0.05, 0.1) is 14.2 Å². The summed E-state index contributed by atoms with van der Waals surface area (Å²) >= 11 is 2.78. The SMILES string of the molecule is C.COC(=O)[B]Br.CO[B]C(=O)OC. The van der Waals surface area contributed by atoms with Gasteiger partial charge in [0.25, 0.3) is 11.7 Å². The van der Waals surface area contributed by atoms with Gasteiger partial charge in [-0.3, -0.25) is 9.59 Å². The standard InChI is InChI=1S/C3H6BO3.C2H3BBrO2.CH4/c1-6-3(5)4-7-2;1-6-2(5)3-4;/h1-2H3;1H3;1H4. The number of hydrogen-bond donors (Lipinski definition) is 0. The molecular formula is C6H13B2BrO5. The van der Waals surface area contributed by atoms with E-state index in [1.54, 1.807) is 0 Å². The van der Waals surface area contributed by atoms with Crippen molar-refractivity contribution in [1.29, 1.82) is 0 Å². The summed E-state index contributed by atoms with van der Waals surface area (Å²) in [5.41, 5.74) is 0. The minimum Gasteiger partial charge on any atom is -0.477 e.